The maximum atomic E-state index is 12.3. The van der Waals surface area contributed by atoms with Crippen LogP contribution in [0.2, 0.25) is 0 Å². The number of hydrogen-bond donors (Lipinski definition) is 0. The zero-order chi connectivity index (χ0) is 15.3. The topological polar surface area (TPSA) is 48.4 Å². The molecule has 1 aromatic heterocycles. The third-order valence-electron chi connectivity index (χ3n) is 2.05. The number of alkyl halides is 4. The highest BCUT2D eigenvalue weighted by Crippen LogP contribution is 2.31. The Labute approximate surface area is 131 Å². The molecule has 0 saturated heterocycles. The lowest BCUT2D eigenvalue weighted by Crippen LogP contribution is -2.20. The van der Waals surface area contributed by atoms with Crippen molar-refractivity contribution in [1.29, 1.82) is 0 Å². The molecular formula is C11H10ClF3INO3. The van der Waals surface area contributed by atoms with Gasteiger partial charge in [0.15, 0.2) is 5.75 Å². The number of hydrogen-bond acceptors (Lipinski definition) is 4. The summed E-state index contributed by atoms with van der Waals surface area (Å²) in [6.45, 7) is 1.87. The summed E-state index contributed by atoms with van der Waals surface area (Å²) in [4.78, 5) is 15.2. The molecule has 20 heavy (non-hydrogen) atoms. The van der Waals surface area contributed by atoms with Gasteiger partial charge in [-0.1, -0.05) is 0 Å². The summed E-state index contributed by atoms with van der Waals surface area (Å²) < 4.78 is 45.5. The Morgan fingerprint density at radius 1 is 1.50 bits per heavy atom. The standard InChI is InChI=1S/C11H10ClF3INO3/c1-2-19-8(18)4-7-3-6(5-12)9(10(16)17-7)20-11(13,14)15/h3H,2,4-5H2,1H3. The molecule has 0 aliphatic rings. The van der Waals surface area contributed by atoms with Gasteiger partial charge in [0.05, 0.1) is 24.6 Å². The summed E-state index contributed by atoms with van der Waals surface area (Å²) in [5.41, 5.74) is 0.390. The van der Waals surface area contributed by atoms with Gasteiger partial charge in [0.2, 0.25) is 0 Å². The van der Waals surface area contributed by atoms with Crippen LogP contribution in [0.3, 0.4) is 0 Å². The fraction of sp³-hybridized carbons (Fsp3) is 0.455. The van der Waals surface area contributed by atoms with Crippen LogP contribution in [0.1, 0.15) is 18.2 Å². The first-order valence-corrected chi connectivity index (χ1v) is 7.03. The van der Waals surface area contributed by atoms with Gasteiger partial charge in [-0.05, 0) is 35.6 Å². The lowest BCUT2D eigenvalue weighted by atomic mass is 10.2. The van der Waals surface area contributed by atoms with Gasteiger partial charge in [-0.2, -0.15) is 0 Å². The first-order valence-electron chi connectivity index (χ1n) is 5.42. The normalized spacial score (nSPS) is 11.3. The van der Waals surface area contributed by atoms with Crippen molar-refractivity contribution in [2.75, 3.05) is 6.61 Å². The van der Waals surface area contributed by atoms with E-state index in [2.05, 4.69) is 9.72 Å². The number of aromatic nitrogens is 1. The van der Waals surface area contributed by atoms with Gasteiger partial charge in [0.25, 0.3) is 0 Å². The summed E-state index contributed by atoms with van der Waals surface area (Å²) in [6, 6.07) is 1.30. The van der Waals surface area contributed by atoms with Crippen molar-refractivity contribution < 1.29 is 27.4 Å². The molecule has 0 aromatic carbocycles. The molecule has 0 spiro atoms. The SMILES string of the molecule is CCOC(=O)Cc1cc(CCl)c(OC(F)(F)F)c(I)n1. The molecule has 0 aliphatic heterocycles. The van der Waals surface area contributed by atoms with Gasteiger partial charge in [-0.15, -0.1) is 24.8 Å². The quantitative estimate of drug-likeness (QED) is 0.315. The fourth-order valence-corrected chi connectivity index (χ4v) is 2.35. The van der Waals surface area contributed by atoms with Crippen LogP contribution in [0.15, 0.2) is 6.07 Å². The van der Waals surface area contributed by atoms with Crippen molar-refractivity contribution in [2.45, 2.75) is 25.6 Å². The third kappa shape index (κ3) is 5.31. The van der Waals surface area contributed by atoms with Crippen molar-refractivity contribution in [3.05, 3.63) is 21.0 Å². The van der Waals surface area contributed by atoms with E-state index >= 15 is 0 Å². The summed E-state index contributed by atoms with van der Waals surface area (Å²) in [7, 11) is 0. The van der Waals surface area contributed by atoms with Crippen LogP contribution < -0.4 is 4.74 Å². The second-order valence-corrected chi connectivity index (χ2v) is 4.84. The van der Waals surface area contributed by atoms with E-state index in [0.29, 0.717) is 0 Å². The van der Waals surface area contributed by atoms with Gasteiger partial charge < -0.3 is 9.47 Å². The maximum Gasteiger partial charge on any atom is 0.573 e. The van der Waals surface area contributed by atoms with Gasteiger partial charge in [-0.25, -0.2) is 4.98 Å². The Hall–Kier alpha value is -0.770. The minimum Gasteiger partial charge on any atom is -0.466 e. The molecule has 1 aromatic rings. The summed E-state index contributed by atoms with van der Waals surface area (Å²) in [6.07, 6.45) is -4.97. The Bertz CT molecular complexity index is 497. The van der Waals surface area contributed by atoms with Crippen molar-refractivity contribution >= 4 is 40.2 Å². The number of rotatable bonds is 5. The Balaban J connectivity index is 3.04. The molecule has 0 aliphatic carbocycles. The van der Waals surface area contributed by atoms with E-state index < -0.39 is 18.1 Å². The van der Waals surface area contributed by atoms with E-state index in [-0.39, 0.29) is 33.9 Å². The van der Waals surface area contributed by atoms with Crippen molar-refractivity contribution in [3.63, 3.8) is 0 Å². The molecule has 1 heterocycles. The van der Waals surface area contributed by atoms with E-state index in [1.807, 2.05) is 0 Å². The largest absolute Gasteiger partial charge is 0.573 e. The molecule has 0 radical (unpaired) electrons. The molecule has 0 atom stereocenters. The molecule has 0 amide bonds. The number of carbonyl (C=O) groups is 1. The van der Waals surface area contributed by atoms with Gasteiger partial charge in [0, 0.05) is 5.56 Å². The van der Waals surface area contributed by atoms with Gasteiger partial charge >= 0.3 is 12.3 Å². The molecule has 4 nitrogen and oxygen atoms in total. The number of pyridine rings is 1. The van der Waals surface area contributed by atoms with Crippen molar-refractivity contribution in [2.24, 2.45) is 0 Å². The molecule has 0 unspecified atom stereocenters. The lowest BCUT2D eigenvalue weighted by molar-refractivity contribution is -0.275. The van der Waals surface area contributed by atoms with E-state index in [1.54, 1.807) is 29.5 Å². The number of ether oxygens (including phenoxy) is 2. The molecule has 0 bridgehead atoms. The predicted molar refractivity (Wildman–Crippen MR) is 73.5 cm³/mol. The zero-order valence-corrected chi connectivity index (χ0v) is 13.2. The first kappa shape index (κ1) is 17.3. The van der Waals surface area contributed by atoms with Crippen LogP contribution in [-0.2, 0) is 21.8 Å². The highest BCUT2D eigenvalue weighted by molar-refractivity contribution is 14.1. The zero-order valence-electron chi connectivity index (χ0n) is 10.3. The molecule has 112 valence electrons. The molecular weight excluding hydrogens is 413 g/mol. The van der Waals surface area contributed by atoms with Crippen LogP contribution >= 0.6 is 34.2 Å². The number of nitrogens with zero attached hydrogens (tertiary/aromatic N) is 1. The Morgan fingerprint density at radius 3 is 2.65 bits per heavy atom. The van der Waals surface area contributed by atoms with Crippen molar-refractivity contribution in [1.82, 2.24) is 4.98 Å². The Kier molecular flexibility index (Phi) is 6.31. The Morgan fingerprint density at radius 2 is 2.15 bits per heavy atom. The van der Waals surface area contributed by atoms with Gasteiger partial charge in [-0.3, -0.25) is 4.79 Å². The highest BCUT2D eigenvalue weighted by atomic mass is 127. The van der Waals surface area contributed by atoms with E-state index in [9.17, 15) is 18.0 Å². The first-order chi connectivity index (χ1) is 9.26. The third-order valence-corrected chi connectivity index (χ3v) is 3.07. The summed E-state index contributed by atoms with van der Waals surface area (Å²) in [5.74, 6) is -1.15. The molecule has 9 heteroatoms. The lowest BCUT2D eigenvalue weighted by Gasteiger charge is -2.14. The average molecular weight is 424 g/mol. The molecule has 0 N–H and O–H groups in total. The minimum atomic E-state index is -4.83. The molecule has 0 fully saturated rings. The second kappa shape index (κ2) is 7.30. The predicted octanol–water partition coefficient (Wildman–Crippen LogP) is 3.43. The average Bonchev–Trinajstić information content (AvgIpc) is 2.31. The van der Waals surface area contributed by atoms with Crippen LogP contribution in [0.25, 0.3) is 0 Å². The van der Waals surface area contributed by atoms with Crippen molar-refractivity contribution in [3.8, 4) is 5.75 Å². The van der Waals surface area contributed by atoms with E-state index in [4.69, 9.17) is 16.3 Å². The van der Waals surface area contributed by atoms with Crippen LogP contribution in [-0.4, -0.2) is 23.9 Å². The highest BCUT2D eigenvalue weighted by Gasteiger charge is 2.33. The smallest absolute Gasteiger partial charge is 0.466 e. The van der Waals surface area contributed by atoms with E-state index in [1.165, 1.54) is 6.07 Å². The van der Waals surface area contributed by atoms with Crippen LogP contribution in [0, 0.1) is 3.70 Å². The van der Waals surface area contributed by atoms with Gasteiger partial charge in [0.1, 0.15) is 3.70 Å². The monoisotopic (exact) mass is 423 g/mol. The fourth-order valence-electron chi connectivity index (χ4n) is 1.38. The second-order valence-electron chi connectivity index (χ2n) is 3.56. The molecule has 0 saturated carbocycles. The maximum absolute atomic E-state index is 12.3. The number of esters is 1. The van der Waals surface area contributed by atoms with Crippen LogP contribution in [0.4, 0.5) is 13.2 Å². The summed E-state index contributed by atoms with van der Waals surface area (Å²) >= 11 is 7.20. The molecule has 1 rings (SSSR count). The van der Waals surface area contributed by atoms with Crippen LogP contribution in [0.5, 0.6) is 5.75 Å². The number of halogens is 5. The number of carbonyl (C=O) groups excluding carboxylic acids is 1. The minimum absolute atomic E-state index is 0.0163. The van der Waals surface area contributed by atoms with E-state index in [0.717, 1.165) is 0 Å². The summed E-state index contributed by atoms with van der Waals surface area (Å²) in [5, 5.41) is 0.